The molecule has 0 aromatic heterocycles. The van der Waals surface area contributed by atoms with Gasteiger partial charge in [0.05, 0.1) is 6.04 Å². The van der Waals surface area contributed by atoms with Gasteiger partial charge in [-0.2, -0.15) is 11.8 Å². The van der Waals surface area contributed by atoms with Gasteiger partial charge in [-0.3, -0.25) is 4.79 Å². The lowest BCUT2D eigenvalue weighted by Crippen LogP contribution is -2.50. The molecule has 2 atom stereocenters. The Morgan fingerprint density at radius 1 is 1.36 bits per heavy atom. The van der Waals surface area contributed by atoms with E-state index < -0.39 is 0 Å². The minimum Gasteiger partial charge on any atom is -0.333 e. The fraction of sp³-hybridized carbons (Fsp3) is 0.562. The van der Waals surface area contributed by atoms with E-state index in [1.165, 1.54) is 0 Å². The lowest BCUT2D eigenvalue weighted by molar-refractivity contribution is -0.135. The van der Waals surface area contributed by atoms with Crippen molar-refractivity contribution in [2.75, 3.05) is 37.7 Å². The highest BCUT2D eigenvalue weighted by Crippen LogP contribution is 2.29. The van der Waals surface area contributed by atoms with Crippen LogP contribution in [0.3, 0.4) is 0 Å². The summed E-state index contributed by atoms with van der Waals surface area (Å²) in [6.07, 6.45) is 0.577. The largest absolute Gasteiger partial charge is 0.333 e. The maximum absolute atomic E-state index is 12.8. The minimum absolute atomic E-state index is 0.0335. The number of amides is 1. The van der Waals surface area contributed by atoms with Gasteiger partial charge >= 0.3 is 0 Å². The second-order valence-corrected chi connectivity index (χ2v) is 7.32. The topological polar surface area (TPSA) is 44.4 Å². The number of nitrogens with zero attached hydrogens (tertiary/aromatic N) is 1. The quantitative estimate of drug-likeness (QED) is 0.883. The van der Waals surface area contributed by atoms with Gasteiger partial charge in [0.25, 0.3) is 0 Å². The SMILES string of the molecule is O=C(CC1CSCCN1)N1CCNCC1c1ccccc1Cl. The predicted octanol–water partition coefficient (Wildman–Crippen LogP) is 1.91. The van der Waals surface area contributed by atoms with E-state index in [-0.39, 0.29) is 11.9 Å². The Morgan fingerprint density at radius 3 is 3.00 bits per heavy atom. The molecule has 3 rings (SSSR count). The van der Waals surface area contributed by atoms with E-state index in [2.05, 4.69) is 10.6 Å². The molecule has 4 nitrogen and oxygen atoms in total. The summed E-state index contributed by atoms with van der Waals surface area (Å²) in [6, 6.07) is 8.16. The van der Waals surface area contributed by atoms with E-state index in [9.17, 15) is 4.79 Å². The van der Waals surface area contributed by atoms with Crippen LogP contribution >= 0.6 is 23.4 Å². The number of rotatable bonds is 3. The van der Waals surface area contributed by atoms with Gasteiger partial charge in [0.2, 0.25) is 5.91 Å². The first-order valence-electron chi connectivity index (χ1n) is 7.81. The summed E-state index contributed by atoms with van der Waals surface area (Å²) in [7, 11) is 0. The summed E-state index contributed by atoms with van der Waals surface area (Å²) in [5.41, 5.74) is 1.04. The molecule has 2 aliphatic rings. The summed E-state index contributed by atoms with van der Waals surface area (Å²) < 4.78 is 0. The molecule has 2 fully saturated rings. The van der Waals surface area contributed by atoms with Gasteiger partial charge in [0.1, 0.15) is 0 Å². The molecule has 2 heterocycles. The van der Waals surface area contributed by atoms with Crippen molar-refractivity contribution in [1.29, 1.82) is 0 Å². The lowest BCUT2D eigenvalue weighted by atomic mass is 10.0. The summed E-state index contributed by atoms with van der Waals surface area (Å²) in [5, 5.41) is 7.56. The van der Waals surface area contributed by atoms with Crippen molar-refractivity contribution in [2.24, 2.45) is 0 Å². The molecule has 2 aliphatic heterocycles. The second-order valence-electron chi connectivity index (χ2n) is 5.76. The molecule has 0 saturated carbocycles. The van der Waals surface area contributed by atoms with Gasteiger partial charge in [0.15, 0.2) is 0 Å². The van der Waals surface area contributed by atoms with E-state index in [1.807, 2.05) is 40.9 Å². The number of hydrogen-bond donors (Lipinski definition) is 2. The van der Waals surface area contributed by atoms with E-state index in [0.717, 1.165) is 48.3 Å². The Balaban J connectivity index is 1.71. The van der Waals surface area contributed by atoms with Gasteiger partial charge in [-0.05, 0) is 11.6 Å². The van der Waals surface area contributed by atoms with Crippen molar-refractivity contribution in [1.82, 2.24) is 15.5 Å². The average molecular weight is 340 g/mol. The zero-order valence-corrected chi connectivity index (χ0v) is 14.1. The van der Waals surface area contributed by atoms with Crippen LogP contribution in [0.25, 0.3) is 0 Å². The third-order valence-electron chi connectivity index (χ3n) is 4.25. The molecule has 1 amide bonds. The fourth-order valence-corrected chi connectivity index (χ4v) is 4.32. The molecule has 2 N–H and O–H groups in total. The van der Waals surface area contributed by atoms with Crippen LogP contribution in [0.1, 0.15) is 18.0 Å². The lowest BCUT2D eigenvalue weighted by Gasteiger charge is -2.38. The molecule has 6 heteroatoms. The highest BCUT2D eigenvalue weighted by molar-refractivity contribution is 7.99. The van der Waals surface area contributed by atoms with Crippen LogP contribution < -0.4 is 10.6 Å². The number of nitrogens with one attached hydrogen (secondary N) is 2. The molecule has 0 radical (unpaired) electrons. The third-order valence-corrected chi connectivity index (χ3v) is 5.72. The zero-order chi connectivity index (χ0) is 15.4. The Labute approximate surface area is 141 Å². The standard InChI is InChI=1S/C16H22ClN3OS/c17-14-4-2-1-3-13(14)15-10-18-5-7-20(15)16(21)9-12-11-22-8-6-19-12/h1-4,12,15,18-19H,5-11H2. The molecule has 0 aliphatic carbocycles. The van der Waals surface area contributed by atoms with Crippen molar-refractivity contribution in [3.63, 3.8) is 0 Å². The Kier molecular flexibility index (Phi) is 5.63. The Hall–Kier alpha value is -0.750. The zero-order valence-electron chi connectivity index (χ0n) is 12.6. The minimum atomic E-state index is 0.0335. The maximum Gasteiger partial charge on any atom is 0.224 e. The number of carbonyl (C=O) groups excluding carboxylic acids is 1. The normalized spacial score (nSPS) is 26.0. The third kappa shape index (κ3) is 3.77. The molecule has 120 valence electrons. The summed E-state index contributed by atoms with van der Waals surface area (Å²) in [6.45, 7) is 3.36. The van der Waals surface area contributed by atoms with Crippen LogP contribution in [-0.4, -0.2) is 54.5 Å². The Bertz CT molecular complexity index is 522. The van der Waals surface area contributed by atoms with Gasteiger partial charge in [-0.15, -0.1) is 0 Å². The molecule has 2 unspecified atom stereocenters. The molecule has 0 spiro atoms. The molecule has 22 heavy (non-hydrogen) atoms. The number of piperazine rings is 1. The highest BCUT2D eigenvalue weighted by Gasteiger charge is 2.30. The van der Waals surface area contributed by atoms with Crippen LogP contribution in [0.2, 0.25) is 5.02 Å². The number of thioether (sulfide) groups is 1. The van der Waals surface area contributed by atoms with Gasteiger partial charge in [-0.1, -0.05) is 29.8 Å². The van der Waals surface area contributed by atoms with Gasteiger partial charge in [0, 0.05) is 55.2 Å². The smallest absolute Gasteiger partial charge is 0.224 e. The first-order valence-corrected chi connectivity index (χ1v) is 9.34. The van der Waals surface area contributed by atoms with Crippen molar-refractivity contribution in [2.45, 2.75) is 18.5 Å². The second kappa shape index (κ2) is 7.68. The fourth-order valence-electron chi connectivity index (χ4n) is 3.10. The van der Waals surface area contributed by atoms with Crippen LogP contribution in [0.4, 0.5) is 0 Å². The van der Waals surface area contributed by atoms with Crippen molar-refractivity contribution < 1.29 is 4.79 Å². The number of hydrogen-bond acceptors (Lipinski definition) is 4. The number of carbonyl (C=O) groups is 1. The van der Waals surface area contributed by atoms with E-state index in [4.69, 9.17) is 11.6 Å². The summed E-state index contributed by atoms with van der Waals surface area (Å²) in [5.74, 6) is 2.39. The van der Waals surface area contributed by atoms with Crippen LogP contribution in [0.15, 0.2) is 24.3 Å². The molecular weight excluding hydrogens is 318 g/mol. The molecule has 2 saturated heterocycles. The number of halogens is 1. The van der Waals surface area contributed by atoms with E-state index in [1.54, 1.807) is 0 Å². The molecule has 1 aromatic carbocycles. The molecule has 1 aromatic rings. The van der Waals surface area contributed by atoms with Crippen LogP contribution in [-0.2, 0) is 4.79 Å². The molecule has 0 bridgehead atoms. The van der Waals surface area contributed by atoms with Crippen molar-refractivity contribution >= 4 is 29.3 Å². The van der Waals surface area contributed by atoms with E-state index in [0.29, 0.717) is 12.5 Å². The number of benzene rings is 1. The summed E-state index contributed by atoms with van der Waals surface area (Å²) in [4.78, 5) is 14.8. The molecular formula is C16H22ClN3OS. The Morgan fingerprint density at radius 2 is 2.23 bits per heavy atom. The first kappa shape index (κ1) is 16.1. The van der Waals surface area contributed by atoms with Gasteiger partial charge in [-0.25, -0.2) is 0 Å². The average Bonchev–Trinajstić information content (AvgIpc) is 2.56. The monoisotopic (exact) mass is 339 g/mol. The maximum atomic E-state index is 12.8. The highest BCUT2D eigenvalue weighted by atomic mass is 35.5. The predicted molar refractivity (Wildman–Crippen MR) is 92.5 cm³/mol. The van der Waals surface area contributed by atoms with E-state index >= 15 is 0 Å². The van der Waals surface area contributed by atoms with Gasteiger partial charge < -0.3 is 15.5 Å². The van der Waals surface area contributed by atoms with Crippen LogP contribution in [0, 0.1) is 0 Å². The van der Waals surface area contributed by atoms with Crippen molar-refractivity contribution in [3.05, 3.63) is 34.9 Å². The summed E-state index contributed by atoms with van der Waals surface area (Å²) >= 11 is 8.26. The first-order chi connectivity index (χ1) is 10.8. The van der Waals surface area contributed by atoms with Crippen molar-refractivity contribution in [3.8, 4) is 0 Å². The van der Waals surface area contributed by atoms with Crippen LogP contribution in [0.5, 0.6) is 0 Å².